The van der Waals surface area contributed by atoms with Crippen molar-refractivity contribution in [3.63, 3.8) is 0 Å². The van der Waals surface area contributed by atoms with Crippen LogP contribution >= 0.6 is 0 Å². The molecule has 0 fully saturated rings. The molecule has 21 heavy (non-hydrogen) atoms. The first-order chi connectivity index (χ1) is 9.73. The lowest BCUT2D eigenvalue weighted by Gasteiger charge is -2.22. The summed E-state index contributed by atoms with van der Waals surface area (Å²) in [7, 11) is 0. The molecule has 0 saturated carbocycles. The van der Waals surface area contributed by atoms with E-state index in [1.165, 1.54) is 18.3 Å². The Bertz CT molecular complexity index is 493. The molecular weight excluding hydrogens is 276 g/mol. The van der Waals surface area contributed by atoms with E-state index < -0.39 is 23.7 Å². The van der Waals surface area contributed by atoms with Crippen LogP contribution in [0.5, 0.6) is 5.75 Å². The van der Waals surface area contributed by atoms with Crippen molar-refractivity contribution in [2.75, 3.05) is 6.61 Å². The van der Waals surface area contributed by atoms with Gasteiger partial charge < -0.3 is 19.9 Å². The van der Waals surface area contributed by atoms with E-state index in [0.29, 0.717) is 0 Å². The number of pyridine rings is 1. The van der Waals surface area contributed by atoms with Crippen LogP contribution in [0.1, 0.15) is 39.4 Å². The zero-order valence-electron chi connectivity index (χ0n) is 12.5. The van der Waals surface area contributed by atoms with Gasteiger partial charge in [-0.15, -0.1) is 0 Å². The van der Waals surface area contributed by atoms with Crippen LogP contribution in [0.4, 0.5) is 4.79 Å². The molecule has 0 saturated heterocycles. The lowest BCUT2D eigenvalue weighted by atomic mass is 10.2. The van der Waals surface area contributed by atoms with E-state index in [1.807, 2.05) is 0 Å². The van der Waals surface area contributed by atoms with Gasteiger partial charge in [0, 0.05) is 0 Å². The predicted molar refractivity (Wildman–Crippen MR) is 74.6 cm³/mol. The minimum atomic E-state index is -1.10. The predicted octanol–water partition coefficient (Wildman–Crippen LogP) is 1.92. The quantitative estimate of drug-likeness (QED) is 0.824. The van der Waals surface area contributed by atoms with Crippen molar-refractivity contribution in [2.45, 2.75) is 39.3 Å². The zero-order chi connectivity index (χ0) is 16.0. The van der Waals surface area contributed by atoms with Crippen LogP contribution in [-0.2, 0) is 14.3 Å². The van der Waals surface area contributed by atoms with Gasteiger partial charge in [0.05, 0.1) is 18.5 Å². The van der Waals surface area contributed by atoms with Crippen LogP contribution in [0, 0.1) is 0 Å². The maximum atomic E-state index is 11.9. The van der Waals surface area contributed by atoms with Crippen molar-refractivity contribution in [1.82, 2.24) is 10.3 Å². The van der Waals surface area contributed by atoms with E-state index in [0.717, 1.165) is 0 Å². The van der Waals surface area contributed by atoms with Crippen molar-refractivity contribution < 1.29 is 24.2 Å². The van der Waals surface area contributed by atoms with Crippen molar-refractivity contribution in [2.24, 2.45) is 0 Å². The maximum Gasteiger partial charge on any atom is 0.408 e. The van der Waals surface area contributed by atoms with Gasteiger partial charge in [-0.3, -0.25) is 4.98 Å². The molecule has 2 N–H and O–H groups in total. The zero-order valence-corrected chi connectivity index (χ0v) is 12.5. The monoisotopic (exact) mass is 296 g/mol. The van der Waals surface area contributed by atoms with Crippen LogP contribution in [0.25, 0.3) is 0 Å². The van der Waals surface area contributed by atoms with Crippen molar-refractivity contribution in [1.29, 1.82) is 0 Å². The fraction of sp³-hybridized carbons (Fsp3) is 0.500. The second-order valence-corrected chi connectivity index (χ2v) is 5.27. The van der Waals surface area contributed by atoms with Gasteiger partial charge in [0.1, 0.15) is 11.4 Å². The largest absolute Gasteiger partial charge is 0.506 e. The van der Waals surface area contributed by atoms with E-state index >= 15 is 0 Å². The third-order valence-electron chi connectivity index (χ3n) is 2.25. The van der Waals surface area contributed by atoms with Crippen LogP contribution in [0.2, 0.25) is 0 Å². The van der Waals surface area contributed by atoms with Gasteiger partial charge in [0.15, 0.2) is 6.04 Å². The first-order valence-electron chi connectivity index (χ1n) is 6.54. The molecule has 0 aliphatic carbocycles. The molecule has 0 aliphatic rings. The highest BCUT2D eigenvalue weighted by atomic mass is 16.6. The normalized spacial score (nSPS) is 12.4. The molecule has 0 aromatic carbocycles. The highest BCUT2D eigenvalue weighted by Gasteiger charge is 2.27. The van der Waals surface area contributed by atoms with Crippen molar-refractivity contribution in [3.05, 3.63) is 24.0 Å². The Balaban J connectivity index is 2.90. The summed E-state index contributed by atoms with van der Waals surface area (Å²) in [5.74, 6) is -0.694. The Morgan fingerprint density at radius 1 is 1.38 bits per heavy atom. The molecule has 0 spiro atoms. The van der Waals surface area contributed by atoms with E-state index in [2.05, 4.69) is 10.3 Å². The molecule has 1 amide bonds. The minimum Gasteiger partial charge on any atom is -0.506 e. The highest BCUT2D eigenvalue weighted by Crippen LogP contribution is 2.16. The molecule has 7 nitrogen and oxygen atoms in total. The van der Waals surface area contributed by atoms with Crippen LogP contribution < -0.4 is 5.32 Å². The van der Waals surface area contributed by atoms with E-state index in [9.17, 15) is 14.7 Å². The van der Waals surface area contributed by atoms with Gasteiger partial charge in [-0.25, -0.2) is 9.59 Å². The number of aromatic hydroxyl groups is 1. The molecule has 1 rings (SSSR count). The second-order valence-electron chi connectivity index (χ2n) is 5.27. The standard InChI is InChI=1S/C14H20N2O5/c1-5-20-12(18)11(10-7-6-9(17)8-15-10)16-13(19)21-14(2,3)4/h6-8,11,17H,5H2,1-4H3,(H,16,19). The molecule has 1 aromatic heterocycles. The number of nitrogens with one attached hydrogen (secondary N) is 1. The summed E-state index contributed by atoms with van der Waals surface area (Å²) in [6, 6.07) is 1.69. The summed E-state index contributed by atoms with van der Waals surface area (Å²) in [6.07, 6.45) is 0.425. The third kappa shape index (κ3) is 5.68. The fourth-order valence-corrected chi connectivity index (χ4v) is 1.47. The average Bonchev–Trinajstić information content (AvgIpc) is 2.35. The molecule has 0 bridgehead atoms. The number of hydrogen-bond donors (Lipinski definition) is 2. The number of carbonyl (C=O) groups excluding carboxylic acids is 2. The number of amides is 1. The van der Waals surface area contributed by atoms with E-state index in [4.69, 9.17) is 9.47 Å². The molecule has 0 aliphatic heterocycles. The number of nitrogens with zero attached hydrogens (tertiary/aromatic N) is 1. The van der Waals surface area contributed by atoms with E-state index in [1.54, 1.807) is 27.7 Å². The number of hydrogen-bond acceptors (Lipinski definition) is 6. The Morgan fingerprint density at radius 3 is 2.52 bits per heavy atom. The molecule has 7 heteroatoms. The van der Waals surface area contributed by atoms with Gasteiger partial charge in [0.25, 0.3) is 0 Å². The molecule has 0 radical (unpaired) electrons. The fourth-order valence-electron chi connectivity index (χ4n) is 1.47. The van der Waals surface area contributed by atoms with Gasteiger partial charge in [-0.05, 0) is 39.8 Å². The van der Waals surface area contributed by atoms with Crippen LogP contribution in [0.3, 0.4) is 0 Å². The molecular formula is C14H20N2O5. The first kappa shape index (κ1) is 16.7. The highest BCUT2D eigenvalue weighted by molar-refractivity contribution is 5.82. The lowest BCUT2D eigenvalue weighted by Crippen LogP contribution is -2.39. The molecule has 1 aromatic rings. The van der Waals surface area contributed by atoms with E-state index in [-0.39, 0.29) is 18.1 Å². The summed E-state index contributed by atoms with van der Waals surface area (Å²) < 4.78 is 10.0. The van der Waals surface area contributed by atoms with Crippen molar-refractivity contribution >= 4 is 12.1 Å². The molecule has 1 atom stereocenters. The third-order valence-corrected chi connectivity index (χ3v) is 2.25. The number of esters is 1. The summed E-state index contributed by atoms with van der Waals surface area (Å²) in [5, 5.41) is 11.6. The topological polar surface area (TPSA) is 97.8 Å². The van der Waals surface area contributed by atoms with Crippen LogP contribution in [-0.4, -0.2) is 34.4 Å². The number of ether oxygens (including phenoxy) is 2. The molecule has 1 unspecified atom stereocenters. The second kappa shape index (κ2) is 6.92. The molecule has 1 heterocycles. The van der Waals surface area contributed by atoms with Crippen LogP contribution in [0.15, 0.2) is 18.3 Å². The summed E-state index contributed by atoms with van der Waals surface area (Å²) in [4.78, 5) is 27.6. The van der Waals surface area contributed by atoms with Gasteiger partial charge in [0.2, 0.25) is 0 Å². The van der Waals surface area contributed by atoms with Crippen molar-refractivity contribution in [3.8, 4) is 5.75 Å². The maximum absolute atomic E-state index is 11.9. The van der Waals surface area contributed by atoms with Gasteiger partial charge in [-0.2, -0.15) is 0 Å². The summed E-state index contributed by atoms with van der Waals surface area (Å²) in [5.41, 5.74) is -0.441. The summed E-state index contributed by atoms with van der Waals surface area (Å²) in [6.45, 7) is 6.97. The smallest absolute Gasteiger partial charge is 0.408 e. The Morgan fingerprint density at radius 2 is 2.05 bits per heavy atom. The first-order valence-corrected chi connectivity index (χ1v) is 6.54. The lowest BCUT2D eigenvalue weighted by molar-refractivity contribution is -0.146. The Hall–Kier alpha value is -2.31. The minimum absolute atomic E-state index is 0.0429. The number of aromatic nitrogens is 1. The Labute approximate surface area is 123 Å². The number of alkyl carbamates (subject to hydrolysis) is 1. The number of rotatable bonds is 4. The molecule has 116 valence electrons. The SMILES string of the molecule is CCOC(=O)C(NC(=O)OC(C)(C)C)c1ccc(O)cn1. The van der Waals surface area contributed by atoms with Gasteiger partial charge >= 0.3 is 12.1 Å². The van der Waals surface area contributed by atoms with Gasteiger partial charge in [-0.1, -0.05) is 0 Å². The average molecular weight is 296 g/mol. The summed E-state index contributed by atoms with van der Waals surface area (Å²) >= 11 is 0. The number of carbonyl (C=O) groups is 2. The Kier molecular flexibility index (Phi) is 5.52.